The van der Waals surface area contributed by atoms with Gasteiger partial charge in [-0.25, -0.2) is 5.01 Å². The van der Waals surface area contributed by atoms with Crippen molar-refractivity contribution >= 4 is 57.1 Å². The van der Waals surface area contributed by atoms with Crippen molar-refractivity contribution < 1.29 is 9.59 Å². The van der Waals surface area contributed by atoms with Crippen LogP contribution < -0.4 is 15.2 Å². The van der Waals surface area contributed by atoms with Crippen molar-refractivity contribution in [2.75, 3.05) is 15.2 Å². The molecule has 0 aliphatic carbocycles. The van der Waals surface area contributed by atoms with E-state index in [0.29, 0.717) is 23.0 Å². The number of fused-ring (bicyclic) bond motifs is 1. The number of halogens is 1. The maximum Gasteiger partial charge on any atom is 0.224 e. The van der Waals surface area contributed by atoms with Crippen LogP contribution in [0.5, 0.6) is 0 Å². The van der Waals surface area contributed by atoms with E-state index in [1.807, 2.05) is 89.8 Å². The highest BCUT2D eigenvalue weighted by molar-refractivity contribution is 6.44. The van der Waals surface area contributed by atoms with E-state index < -0.39 is 6.17 Å². The number of hydrogen-bond acceptors (Lipinski definition) is 5. The highest BCUT2D eigenvalue weighted by Crippen LogP contribution is 2.41. The van der Waals surface area contributed by atoms with Gasteiger partial charge in [0.2, 0.25) is 5.91 Å². The van der Waals surface area contributed by atoms with E-state index in [2.05, 4.69) is 16.4 Å². The molecule has 7 nitrogen and oxygen atoms in total. The lowest BCUT2D eigenvalue weighted by molar-refractivity contribution is -0.116. The number of aromatic amines is 1. The van der Waals surface area contributed by atoms with Gasteiger partial charge in [0.1, 0.15) is 0 Å². The largest absolute Gasteiger partial charge is 0.361 e. The van der Waals surface area contributed by atoms with Crippen LogP contribution in [0.4, 0.5) is 17.1 Å². The molecule has 3 aromatic carbocycles. The maximum atomic E-state index is 12.8. The smallest absolute Gasteiger partial charge is 0.224 e. The maximum absolute atomic E-state index is 12.8. The number of amides is 1. The van der Waals surface area contributed by atoms with Gasteiger partial charge >= 0.3 is 0 Å². The molecule has 1 aromatic heterocycles. The highest BCUT2D eigenvalue weighted by Gasteiger charge is 2.40. The molecule has 1 aliphatic heterocycles. The standard InChI is InChI=1S/C28H26ClN5O2/c1-3-6-26(36)31-20-11-15-21(16-12-20)33-27(18(2)35)32-34(22-13-9-19(29)10-14-22)28(33)24-17-30-25-8-5-4-7-23(24)25/h4-5,7-17,28,30H,3,6H2,1-2H3,(H,31,36)/t28-/m0/s1. The predicted octanol–water partition coefficient (Wildman–Crippen LogP) is 6.49. The summed E-state index contributed by atoms with van der Waals surface area (Å²) in [6.45, 7) is 3.48. The number of para-hydroxylation sites is 1. The number of H-pyrrole nitrogens is 1. The second kappa shape index (κ2) is 9.87. The minimum atomic E-state index is -0.429. The van der Waals surface area contributed by atoms with Gasteiger partial charge in [0.15, 0.2) is 17.8 Å². The number of amidine groups is 1. The van der Waals surface area contributed by atoms with E-state index in [4.69, 9.17) is 16.7 Å². The van der Waals surface area contributed by atoms with Crippen LogP contribution in [0.2, 0.25) is 5.02 Å². The van der Waals surface area contributed by atoms with Crippen molar-refractivity contribution in [2.45, 2.75) is 32.9 Å². The Morgan fingerprint density at radius 1 is 1.00 bits per heavy atom. The molecule has 0 bridgehead atoms. The fourth-order valence-electron chi connectivity index (χ4n) is 4.46. The number of hydrogen-bond donors (Lipinski definition) is 2. The Morgan fingerprint density at radius 3 is 2.39 bits per heavy atom. The van der Waals surface area contributed by atoms with Gasteiger partial charge in [0.25, 0.3) is 0 Å². The molecule has 1 amide bonds. The van der Waals surface area contributed by atoms with Crippen LogP contribution >= 0.6 is 11.6 Å². The molecule has 0 unspecified atom stereocenters. The number of anilines is 3. The predicted molar refractivity (Wildman–Crippen MR) is 146 cm³/mol. The molecule has 0 saturated heterocycles. The highest BCUT2D eigenvalue weighted by atomic mass is 35.5. The normalized spacial score (nSPS) is 15.3. The molecule has 36 heavy (non-hydrogen) atoms. The van der Waals surface area contributed by atoms with E-state index in [1.165, 1.54) is 6.92 Å². The van der Waals surface area contributed by atoms with Gasteiger partial charge in [-0.15, -0.1) is 5.10 Å². The topological polar surface area (TPSA) is 80.8 Å². The molecule has 182 valence electrons. The third-order valence-corrected chi connectivity index (χ3v) is 6.37. The van der Waals surface area contributed by atoms with Gasteiger partial charge < -0.3 is 10.3 Å². The van der Waals surface area contributed by atoms with Crippen molar-refractivity contribution in [1.82, 2.24) is 4.98 Å². The molecule has 2 N–H and O–H groups in total. The zero-order chi connectivity index (χ0) is 25.2. The van der Waals surface area contributed by atoms with Crippen LogP contribution in [0.25, 0.3) is 10.9 Å². The average Bonchev–Trinajstić information content (AvgIpc) is 3.47. The molecule has 0 fully saturated rings. The third-order valence-electron chi connectivity index (χ3n) is 6.12. The molecular weight excluding hydrogens is 474 g/mol. The van der Waals surface area contributed by atoms with Crippen molar-refractivity contribution in [3.63, 3.8) is 0 Å². The van der Waals surface area contributed by atoms with Crippen molar-refractivity contribution in [3.8, 4) is 0 Å². The second-order valence-corrected chi connectivity index (χ2v) is 9.12. The summed E-state index contributed by atoms with van der Waals surface area (Å²) in [5, 5.41) is 11.2. The molecule has 0 spiro atoms. The number of benzene rings is 3. The molecule has 0 radical (unpaired) electrons. The zero-order valence-electron chi connectivity index (χ0n) is 20.0. The van der Waals surface area contributed by atoms with Crippen molar-refractivity contribution in [3.05, 3.63) is 89.6 Å². The Bertz CT molecular complexity index is 1440. The Balaban J connectivity index is 1.62. The number of aromatic nitrogens is 1. The van der Waals surface area contributed by atoms with E-state index >= 15 is 0 Å². The third kappa shape index (κ3) is 4.45. The first kappa shape index (κ1) is 23.6. The lowest BCUT2D eigenvalue weighted by Gasteiger charge is -2.31. The summed E-state index contributed by atoms with van der Waals surface area (Å²) < 4.78 is 0. The summed E-state index contributed by atoms with van der Waals surface area (Å²) in [7, 11) is 0. The van der Waals surface area contributed by atoms with Gasteiger partial charge in [-0.2, -0.15) is 0 Å². The van der Waals surface area contributed by atoms with Gasteiger partial charge in [0.05, 0.1) is 5.69 Å². The van der Waals surface area contributed by atoms with E-state index in [0.717, 1.165) is 34.3 Å². The molecule has 0 saturated carbocycles. The Morgan fingerprint density at radius 2 is 1.69 bits per heavy atom. The van der Waals surface area contributed by atoms with Crippen LogP contribution in [0.3, 0.4) is 0 Å². The second-order valence-electron chi connectivity index (χ2n) is 8.68. The number of ketones is 1. The van der Waals surface area contributed by atoms with Gasteiger partial charge in [-0.1, -0.05) is 36.7 Å². The SMILES string of the molecule is CCCC(=O)Nc1ccc(N2C(C(C)=O)=NN(c3ccc(Cl)cc3)[C@H]2c2c[nH]c3ccccc23)cc1. The molecule has 2 heterocycles. The summed E-state index contributed by atoms with van der Waals surface area (Å²) in [5.41, 5.74) is 4.26. The number of nitrogens with zero attached hydrogens (tertiary/aromatic N) is 3. The molecule has 5 rings (SSSR count). The number of carbonyl (C=O) groups is 2. The number of Topliss-reactive ketones (excluding diaryl/α,β-unsaturated/α-hetero) is 1. The minimum Gasteiger partial charge on any atom is -0.361 e. The van der Waals surface area contributed by atoms with Gasteiger partial charge in [0, 0.05) is 52.4 Å². The van der Waals surface area contributed by atoms with Crippen molar-refractivity contribution in [1.29, 1.82) is 0 Å². The first-order valence-electron chi connectivity index (χ1n) is 11.9. The molecule has 1 aliphatic rings. The monoisotopic (exact) mass is 499 g/mol. The number of nitrogens with one attached hydrogen (secondary N) is 2. The Hall–Kier alpha value is -4.10. The minimum absolute atomic E-state index is 0.0250. The molecule has 8 heteroatoms. The fraction of sp³-hybridized carbons (Fsp3) is 0.179. The summed E-state index contributed by atoms with van der Waals surface area (Å²) in [5.74, 6) is 0.141. The average molecular weight is 500 g/mol. The van der Waals surface area contributed by atoms with Crippen LogP contribution in [0, 0.1) is 0 Å². The van der Waals surface area contributed by atoms with Crippen LogP contribution in [0.15, 0.2) is 84.1 Å². The number of hydrazone groups is 1. The number of carbonyl (C=O) groups excluding carboxylic acids is 2. The Labute approximate surface area is 214 Å². The van der Waals surface area contributed by atoms with E-state index in [9.17, 15) is 9.59 Å². The van der Waals surface area contributed by atoms with Crippen LogP contribution in [0.1, 0.15) is 38.4 Å². The fourth-order valence-corrected chi connectivity index (χ4v) is 4.59. The summed E-state index contributed by atoms with van der Waals surface area (Å²) in [4.78, 5) is 30.2. The van der Waals surface area contributed by atoms with Gasteiger partial charge in [-0.05, 0) is 61.0 Å². The molecule has 4 aromatic rings. The first-order valence-corrected chi connectivity index (χ1v) is 12.2. The lowest BCUT2D eigenvalue weighted by atomic mass is 10.1. The summed E-state index contributed by atoms with van der Waals surface area (Å²) in [6.07, 6.45) is 2.78. The quantitative estimate of drug-likeness (QED) is 0.304. The molecule has 1 atom stereocenters. The van der Waals surface area contributed by atoms with E-state index in [-0.39, 0.29) is 11.7 Å². The van der Waals surface area contributed by atoms with Gasteiger partial charge in [-0.3, -0.25) is 14.5 Å². The molecular formula is C28H26ClN5O2. The summed E-state index contributed by atoms with van der Waals surface area (Å²) in [6, 6.07) is 22.9. The lowest BCUT2D eigenvalue weighted by Crippen LogP contribution is -2.37. The van der Waals surface area contributed by atoms with Crippen molar-refractivity contribution in [2.24, 2.45) is 5.10 Å². The Kier molecular flexibility index (Phi) is 6.48. The van der Waals surface area contributed by atoms with E-state index in [1.54, 1.807) is 0 Å². The van der Waals surface area contributed by atoms with Crippen LogP contribution in [-0.4, -0.2) is 22.5 Å². The summed E-state index contributed by atoms with van der Waals surface area (Å²) >= 11 is 6.15. The number of rotatable bonds is 7. The first-order chi connectivity index (χ1) is 17.5. The van der Waals surface area contributed by atoms with Crippen LogP contribution in [-0.2, 0) is 9.59 Å². The zero-order valence-corrected chi connectivity index (χ0v) is 20.8.